The summed E-state index contributed by atoms with van der Waals surface area (Å²) < 4.78 is 18.6. The minimum atomic E-state index is -2.64. The molecule has 4 nitrogen and oxygen atoms in total. The summed E-state index contributed by atoms with van der Waals surface area (Å²) in [5, 5.41) is 13.1. The van der Waals surface area contributed by atoms with E-state index in [0.717, 1.165) is 6.42 Å². The number of aliphatic hydroxyl groups is 1. The Morgan fingerprint density at radius 2 is 1.48 bits per heavy atom. The first-order valence-corrected chi connectivity index (χ1v) is 12.4. The van der Waals surface area contributed by atoms with Crippen LogP contribution in [0.15, 0.2) is 60.7 Å². The second-order valence-electron chi connectivity index (χ2n) is 9.29. The molecule has 4 rings (SSSR count). The molecule has 2 fully saturated rings. The van der Waals surface area contributed by atoms with Crippen molar-refractivity contribution in [1.29, 1.82) is 0 Å². The summed E-state index contributed by atoms with van der Waals surface area (Å²) >= 11 is 0. The predicted molar refractivity (Wildman–Crippen MR) is 117 cm³/mol. The summed E-state index contributed by atoms with van der Waals surface area (Å²) in [4.78, 5) is 0. The zero-order valence-electron chi connectivity index (χ0n) is 17.7. The predicted octanol–water partition coefficient (Wildman–Crippen LogP) is 3.07. The van der Waals surface area contributed by atoms with E-state index in [-0.39, 0.29) is 29.5 Å². The largest absolute Gasteiger partial charge is 0.404 e. The lowest BCUT2D eigenvalue weighted by atomic mass is 10.0. The van der Waals surface area contributed by atoms with Gasteiger partial charge in [0.05, 0.1) is 18.3 Å². The lowest BCUT2D eigenvalue weighted by Crippen LogP contribution is -2.68. The Balaban J connectivity index is 1.79. The fourth-order valence-electron chi connectivity index (χ4n) is 5.18. The zero-order chi connectivity index (χ0) is 20.6. The van der Waals surface area contributed by atoms with Gasteiger partial charge < -0.3 is 19.0 Å². The van der Waals surface area contributed by atoms with E-state index in [1.807, 2.05) is 0 Å². The molecule has 0 radical (unpaired) electrons. The van der Waals surface area contributed by atoms with Crippen LogP contribution in [0.5, 0.6) is 0 Å². The Hall–Kier alpha value is -1.50. The number of hydrogen-bond donors (Lipinski definition) is 1. The molecular weight excluding hydrogens is 380 g/mol. The van der Waals surface area contributed by atoms with E-state index in [2.05, 4.69) is 81.4 Å². The van der Waals surface area contributed by atoms with Gasteiger partial charge in [-0.05, 0) is 15.4 Å². The average molecular weight is 413 g/mol. The first-order chi connectivity index (χ1) is 13.9. The highest BCUT2D eigenvalue weighted by Crippen LogP contribution is 2.45. The molecule has 1 aliphatic heterocycles. The number of hydrogen-bond acceptors (Lipinski definition) is 4. The van der Waals surface area contributed by atoms with Crippen molar-refractivity contribution in [3.8, 4) is 0 Å². The highest BCUT2D eigenvalue weighted by Gasteiger charge is 2.57. The van der Waals surface area contributed by atoms with Crippen molar-refractivity contribution in [2.45, 2.75) is 63.3 Å². The standard InChI is InChI=1S/C24H32O4Si/c1-24(2,3)29(17-11-7-5-8-12-17,18-13-9-6-10-14-18)28-21-16-20(25)23-19(21)15-22(26-4)27-23/h5-14,19-23,25H,15-16H2,1-4H3/t19-,20+,21+,22?,23-/m0/s1. The van der Waals surface area contributed by atoms with Gasteiger partial charge in [0, 0.05) is 25.9 Å². The van der Waals surface area contributed by atoms with Gasteiger partial charge in [-0.25, -0.2) is 0 Å². The molecule has 2 aliphatic rings. The molecule has 1 saturated carbocycles. The van der Waals surface area contributed by atoms with Gasteiger partial charge in [-0.2, -0.15) is 0 Å². The second-order valence-corrected chi connectivity index (χ2v) is 13.5. The van der Waals surface area contributed by atoms with E-state index in [4.69, 9.17) is 13.9 Å². The molecule has 5 atom stereocenters. The molecule has 0 bridgehead atoms. The molecule has 1 unspecified atom stereocenters. The maximum absolute atomic E-state index is 10.7. The third-order valence-electron chi connectivity index (χ3n) is 6.53. The molecule has 1 N–H and O–H groups in total. The third-order valence-corrected chi connectivity index (χ3v) is 11.6. The molecule has 1 aliphatic carbocycles. The summed E-state index contributed by atoms with van der Waals surface area (Å²) in [6, 6.07) is 21.3. The highest BCUT2D eigenvalue weighted by molar-refractivity contribution is 6.99. The van der Waals surface area contributed by atoms with Crippen LogP contribution in [0.1, 0.15) is 33.6 Å². The van der Waals surface area contributed by atoms with E-state index in [1.54, 1.807) is 7.11 Å². The third kappa shape index (κ3) is 3.60. The van der Waals surface area contributed by atoms with E-state index in [1.165, 1.54) is 10.4 Å². The first kappa shape index (κ1) is 20.8. The van der Waals surface area contributed by atoms with Crippen LogP contribution >= 0.6 is 0 Å². The lowest BCUT2D eigenvalue weighted by molar-refractivity contribution is -0.136. The van der Waals surface area contributed by atoms with Gasteiger partial charge in [0.2, 0.25) is 0 Å². The van der Waals surface area contributed by atoms with Crippen LogP contribution in [0, 0.1) is 5.92 Å². The van der Waals surface area contributed by atoms with Crippen LogP contribution in [0.2, 0.25) is 5.04 Å². The fraction of sp³-hybridized carbons (Fsp3) is 0.500. The van der Waals surface area contributed by atoms with Gasteiger partial charge in [0.1, 0.15) is 0 Å². The Bertz CT molecular complexity index is 765. The molecule has 0 spiro atoms. The van der Waals surface area contributed by atoms with Gasteiger partial charge >= 0.3 is 0 Å². The van der Waals surface area contributed by atoms with E-state index in [0.29, 0.717) is 6.42 Å². The summed E-state index contributed by atoms with van der Waals surface area (Å²) in [6.45, 7) is 6.85. The summed E-state index contributed by atoms with van der Waals surface area (Å²) in [5.74, 6) is 0.150. The molecule has 1 heterocycles. The second kappa shape index (κ2) is 7.97. The van der Waals surface area contributed by atoms with E-state index >= 15 is 0 Å². The molecule has 2 aromatic rings. The van der Waals surface area contributed by atoms with Gasteiger partial charge in [-0.15, -0.1) is 0 Å². The van der Waals surface area contributed by atoms with Crippen LogP contribution in [0.3, 0.4) is 0 Å². The molecule has 2 aromatic carbocycles. The van der Waals surface area contributed by atoms with Crippen molar-refractivity contribution < 1.29 is 19.0 Å². The molecule has 0 aromatic heterocycles. The molecule has 29 heavy (non-hydrogen) atoms. The minimum Gasteiger partial charge on any atom is -0.404 e. The normalized spacial score (nSPS) is 29.8. The number of rotatable bonds is 5. The Kier molecular flexibility index (Phi) is 5.70. The topological polar surface area (TPSA) is 47.9 Å². The number of aliphatic hydroxyl groups excluding tert-OH is 1. The van der Waals surface area contributed by atoms with Crippen molar-refractivity contribution in [2.75, 3.05) is 7.11 Å². The monoisotopic (exact) mass is 412 g/mol. The van der Waals surface area contributed by atoms with E-state index < -0.39 is 14.4 Å². The highest BCUT2D eigenvalue weighted by atomic mass is 28.4. The quantitative estimate of drug-likeness (QED) is 0.767. The molecule has 0 amide bonds. The maximum Gasteiger partial charge on any atom is 0.261 e. The number of methoxy groups -OCH3 is 1. The Labute approximate surface area is 174 Å². The van der Waals surface area contributed by atoms with Gasteiger partial charge in [-0.1, -0.05) is 81.4 Å². The lowest BCUT2D eigenvalue weighted by Gasteiger charge is -2.45. The van der Waals surface area contributed by atoms with Crippen LogP contribution in [-0.2, 0) is 13.9 Å². The first-order valence-electron chi connectivity index (χ1n) is 10.5. The number of ether oxygens (including phenoxy) is 2. The van der Waals surface area contributed by atoms with Crippen molar-refractivity contribution in [2.24, 2.45) is 5.92 Å². The number of fused-ring (bicyclic) bond motifs is 1. The van der Waals surface area contributed by atoms with Crippen molar-refractivity contribution in [3.63, 3.8) is 0 Å². The Morgan fingerprint density at radius 3 is 1.97 bits per heavy atom. The minimum absolute atomic E-state index is 0.0542. The van der Waals surface area contributed by atoms with Crippen LogP contribution < -0.4 is 10.4 Å². The fourth-order valence-corrected chi connectivity index (χ4v) is 9.92. The zero-order valence-corrected chi connectivity index (χ0v) is 18.7. The van der Waals surface area contributed by atoms with Gasteiger partial charge in [0.15, 0.2) is 6.29 Å². The molecule has 1 saturated heterocycles. The SMILES string of the molecule is COC1C[C@@H]2[C@H](O1)[C@H](O)C[C@H]2O[Si](c1ccccc1)(c1ccccc1)C(C)(C)C. The molecular formula is C24H32O4Si. The van der Waals surface area contributed by atoms with Crippen molar-refractivity contribution >= 4 is 18.7 Å². The number of benzene rings is 2. The van der Waals surface area contributed by atoms with E-state index in [9.17, 15) is 5.11 Å². The smallest absolute Gasteiger partial charge is 0.261 e. The average Bonchev–Trinajstić information content (AvgIpc) is 3.27. The summed E-state index contributed by atoms with van der Waals surface area (Å²) in [5.41, 5.74) is 0. The van der Waals surface area contributed by atoms with Crippen LogP contribution in [0.25, 0.3) is 0 Å². The van der Waals surface area contributed by atoms with Gasteiger partial charge in [-0.3, -0.25) is 0 Å². The summed E-state index contributed by atoms with van der Waals surface area (Å²) in [6.07, 6.45) is 0.343. The van der Waals surface area contributed by atoms with Gasteiger partial charge in [0.25, 0.3) is 8.32 Å². The van der Waals surface area contributed by atoms with Crippen molar-refractivity contribution in [1.82, 2.24) is 0 Å². The summed E-state index contributed by atoms with van der Waals surface area (Å²) in [7, 11) is -0.981. The van der Waals surface area contributed by atoms with Crippen LogP contribution in [-0.4, -0.2) is 45.1 Å². The molecule has 156 valence electrons. The van der Waals surface area contributed by atoms with Crippen LogP contribution in [0.4, 0.5) is 0 Å². The Morgan fingerprint density at radius 1 is 0.931 bits per heavy atom. The van der Waals surface area contributed by atoms with Crippen molar-refractivity contribution in [3.05, 3.63) is 60.7 Å². The maximum atomic E-state index is 10.7. The molecule has 5 heteroatoms.